The Balaban J connectivity index is 1.52. The Morgan fingerprint density at radius 2 is 1.81 bits per heavy atom. The molecule has 0 aliphatic carbocycles. The second kappa shape index (κ2) is 10.9. The zero-order valence-corrected chi connectivity index (χ0v) is 21.6. The molecule has 188 valence electrons. The third kappa shape index (κ3) is 5.05. The Bertz CT molecular complexity index is 1480. The van der Waals surface area contributed by atoms with Crippen LogP contribution in [0.3, 0.4) is 0 Å². The van der Waals surface area contributed by atoms with E-state index in [0.29, 0.717) is 6.61 Å². The molecule has 1 atom stereocenters. The molecule has 1 N–H and O–H groups in total. The van der Waals surface area contributed by atoms with Crippen molar-refractivity contribution in [3.8, 4) is 11.1 Å². The summed E-state index contributed by atoms with van der Waals surface area (Å²) in [5, 5.41) is 4.08. The third-order valence-corrected chi connectivity index (χ3v) is 7.21. The largest absolute Gasteiger partial charge is 0.467 e. The summed E-state index contributed by atoms with van der Waals surface area (Å²) in [6.45, 7) is 1.29. The van der Waals surface area contributed by atoms with Crippen molar-refractivity contribution < 1.29 is 19.1 Å². The van der Waals surface area contributed by atoms with Gasteiger partial charge < -0.3 is 14.8 Å². The van der Waals surface area contributed by atoms with Gasteiger partial charge in [-0.05, 0) is 52.4 Å². The van der Waals surface area contributed by atoms with Gasteiger partial charge in [-0.15, -0.1) is 0 Å². The minimum atomic E-state index is -0.973. The number of benzene rings is 3. The van der Waals surface area contributed by atoms with E-state index in [1.54, 1.807) is 24.4 Å². The van der Waals surface area contributed by atoms with E-state index in [2.05, 4.69) is 28.5 Å². The van der Waals surface area contributed by atoms with Crippen LogP contribution in [0.1, 0.15) is 27.0 Å². The van der Waals surface area contributed by atoms with Gasteiger partial charge in [-0.2, -0.15) is 0 Å². The summed E-state index contributed by atoms with van der Waals surface area (Å²) in [5.74, 6) is -1.14. The zero-order chi connectivity index (χ0) is 25.9. The fraction of sp³-hybridized carbons (Fsp3) is 0.207. The highest BCUT2D eigenvalue weighted by Crippen LogP contribution is 2.35. The first-order valence-corrected chi connectivity index (χ1v) is 12.6. The van der Waals surface area contributed by atoms with Crippen LogP contribution in [-0.4, -0.2) is 36.6 Å². The summed E-state index contributed by atoms with van der Waals surface area (Å²) in [6, 6.07) is 18.0. The fourth-order valence-corrected chi connectivity index (χ4v) is 5.35. The molecule has 3 aromatic carbocycles. The lowest BCUT2D eigenvalue weighted by Gasteiger charge is -2.22. The molecular weight excluding hydrogens is 511 g/mol. The molecule has 5 rings (SSSR count). The van der Waals surface area contributed by atoms with Crippen LogP contribution < -0.4 is 5.32 Å². The number of carbonyl (C=O) groups excluding carboxylic acids is 2. The summed E-state index contributed by atoms with van der Waals surface area (Å²) < 4.78 is 10.7. The first-order chi connectivity index (χ1) is 18.0. The van der Waals surface area contributed by atoms with E-state index < -0.39 is 17.9 Å². The molecule has 1 aromatic heterocycles. The smallest absolute Gasteiger partial charge is 0.328 e. The number of pyridine rings is 1. The number of methoxy groups -OCH3 is 1. The summed E-state index contributed by atoms with van der Waals surface area (Å²) in [7, 11) is 1.28. The van der Waals surface area contributed by atoms with Gasteiger partial charge >= 0.3 is 5.97 Å². The Kier molecular flexibility index (Phi) is 7.42. The molecule has 0 fully saturated rings. The number of esters is 1. The van der Waals surface area contributed by atoms with Gasteiger partial charge in [-0.25, -0.2) is 4.79 Å². The Morgan fingerprint density at radius 1 is 1.03 bits per heavy atom. The van der Waals surface area contributed by atoms with Crippen LogP contribution in [0.15, 0.2) is 66.9 Å². The van der Waals surface area contributed by atoms with Gasteiger partial charge in [0.1, 0.15) is 6.04 Å². The van der Waals surface area contributed by atoms with Gasteiger partial charge in [0.2, 0.25) is 0 Å². The maximum atomic E-state index is 13.0. The molecule has 2 heterocycles. The Labute approximate surface area is 224 Å². The molecule has 0 unspecified atom stereocenters. The normalized spacial score (nSPS) is 13.6. The summed E-state index contributed by atoms with van der Waals surface area (Å²) in [4.78, 5) is 30.4. The Hall–Kier alpha value is -3.45. The monoisotopic (exact) mass is 534 g/mol. The van der Waals surface area contributed by atoms with Crippen molar-refractivity contribution in [2.24, 2.45) is 0 Å². The van der Waals surface area contributed by atoms with Gasteiger partial charge in [0.25, 0.3) is 5.91 Å². The highest BCUT2D eigenvalue weighted by atomic mass is 35.5. The van der Waals surface area contributed by atoms with E-state index >= 15 is 0 Å². The zero-order valence-electron chi connectivity index (χ0n) is 20.1. The topological polar surface area (TPSA) is 77.5 Å². The second-order valence-electron chi connectivity index (χ2n) is 8.77. The lowest BCUT2D eigenvalue weighted by Crippen LogP contribution is -2.43. The van der Waals surface area contributed by atoms with Crippen LogP contribution in [-0.2, 0) is 33.7 Å². The fourth-order valence-electron chi connectivity index (χ4n) is 4.78. The number of nitrogens with zero attached hydrogens (tertiary/aromatic N) is 1. The molecule has 0 saturated carbocycles. The molecule has 0 radical (unpaired) electrons. The first kappa shape index (κ1) is 25.2. The van der Waals surface area contributed by atoms with Crippen molar-refractivity contribution in [2.45, 2.75) is 25.5 Å². The van der Waals surface area contributed by atoms with Crippen LogP contribution in [0.5, 0.6) is 0 Å². The lowest BCUT2D eigenvalue weighted by molar-refractivity contribution is -0.142. The number of nitrogens with one attached hydrogen (secondary N) is 1. The number of ether oxygens (including phenoxy) is 2. The Morgan fingerprint density at radius 3 is 2.59 bits per heavy atom. The molecule has 1 amide bonds. The highest BCUT2D eigenvalue weighted by molar-refractivity contribution is 6.39. The quantitative estimate of drug-likeness (QED) is 0.316. The number of aromatic nitrogens is 1. The van der Waals surface area contributed by atoms with Crippen molar-refractivity contribution in [1.29, 1.82) is 0 Å². The molecule has 1 aliphatic heterocycles. The molecule has 4 aromatic rings. The summed E-state index contributed by atoms with van der Waals surface area (Å²) in [6.07, 6.45) is 2.77. The third-order valence-electron chi connectivity index (χ3n) is 6.58. The van der Waals surface area contributed by atoms with E-state index in [4.69, 9.17) is 32.7 Å². The van der Waals surface area contributed by atoms with Crippen LogP contribution in [0.2, 0.25) is 10.0 Å². The lowest BCUT2D eigenvalue weighted by atomic mass is 9.89. The van der Waals surface area contributed by atoms with Crippen molar-refractivity contribution in [1.82, 2.24) is 10.3 Å². The molecule has 1 aliphatic rings. The average molecular weight is 535 g/mol. The van der Waals surface area contributed by atoms with Crippen molar-refractivity contribution in [3.05, 3.63) is 99.2 Å². The van der Waals surface area contributed by atoms with Crippen LogP contribution in [0.4, 0.5) is 0 Å². The van der Waals surface area contributed by atoms with Gasteiger partial charge in [-0.1, -0.05) is 65.7 Å². The van der Waals surface area contributed by atoms with E-state index in [1.807, 2.05) is 24.3 Å². The van der Waals surface area contributed by atoms with Crippen molar-refractivity contribution >= 4 is 46.0 Å². The van der Waals surface area contributed by atoms with Crippen LogP contribution >= 0.6 is 23.2 Å². The molecule has 0 spiro atoms. The van der Waals surface area contributed by atoms with Crippen LogP contribution in [0, 0.1) is 0 Å². The summed E-state index contributed by atoms with van der Waals surface area (Å²) >= 11 is 12.4. The highest BCUT2D eigenvalue weighted by Gasteiger charge is 2.26. The van der Waals surface area contributed by atoms with Gasteiger partial charge in [0, 0.05) is 18.0 Å². The van der Waals surface area contributed by atoms with Crippen LogP contribution in [0.25, 0.3) is 22.0 Å². The van der Waals surface area contributed by atoms with Crippen molar-refractivity contribution in [3.63, 3.8) is 0 Å². The molecule has 8 heteroatoms. The number of hydrogen-bond donors (Lipinski definition) is 1. The van der Waals surface area contributed by atoms with Gasteiger partial charge in [0.05, 0.1) is 41.4 Å². The number of fused-ring (bicyclic) bond motifs is 2. The standard InChI is InChI=1S/C29H24Cl2N2O4/c1-36-29(35)25(33-28(34)26-23(30)8-3-9-24(26)31)15-18-10-11-20(21-7-4-13-32-27(18)21)19-6-2-5-17-12-14-37-16-22(17)19/h2-11,13,25H,12,14-16H2,1H3,(H,33,34)/t25-/m0/s1. The molecule has 6 nitrogen and oxygen atoms in total. The molecule has 0 saturated heterocycles. The van der Waals surface area contributed by atoms with E-state index in [9.17, 15) is 9.59 Å². The molecular formula is C29H24Cl2N2O4. The van der Waals surface area contributed by atoms with Crippen molar-refractivity contribution in [2.75, 3.05) is 13.7 Å². The van der Waals surface area contributed by atoms with E-state index in [1.165, 1.54) is 18.2 Å². The molecule has 37 heavy (non-hydrogen) atoms. The minimum Gasteiger partial charge on any atom is -0.467 e. The van der Waals surface area contributed by atoms with E-state index in [-0.39, 0.29) is 22.0 Å². The number of rotatable bonds is 6. The predicted molar refractivity (Wildman–Crippen MR) is 144 cm³/mol. The molecule has 0 bridgehead atoms. The SMILES string of the molecule is COC(=O)[C@H](Cc1ccc(-c2cccc3c2COCC3)c2cccnc12)NC(=O)c1c(Cl)cccc1Cl. The minimum absolute atomic E-state index is 0.106. The number of hydrogen-bond acceptors (Lipinski definition) is 5. The average Bonchev–Trinajstić information content (AvgIpc) is 2.92. The summed E-state index contributed by atoms with van der Waals surface area (Å²) in [5.41, 5.74) is 6.26. The maximum Gasteiger partial charge on any atom is 0.328 e. The first-order valence-electron chi connectivity index (χ1n) is 11.9. The number of carbonyl (C=O) groups is 2. The number of amides is 1. The number of halogens is 2. The predicted octanol–water partition coefficient (Wildman–Crippen LogP) is 5.80. The van der Waals surface area contributed by atoms with Gasteiger partial charge in [0.15, 0.2) is 0 Å². The van der Waals surface area contributed by atoms with Gasteiger partial charge in [-0.3, -0.25) is 9.78 Å². The second-order valence-corrected chi connectivity index (χ2v) is 9.58. The maximum absolute atomic E-state index is 13.0. The van der Waals surface area contributed by atoms with E-state index in [0.717, 1.165) is 40.6 Å².